The van der Waals surface area contributed by atoms with Crippen LogP contribution in [0.2, 0.25) is 0 Å². The molecule has 0 saturated carbocycles. The molecule has 4 N–H and O–H groups in total. The van der Waals surface area contributed by atoms with Gasteiger partial charge in [0, 0.05) is 12.3 Å². The van der Waals surface area contributed by atoms with Gasteiger partial charge in [0.25, 0.3) is 5.89 Å². The number of nitrogens with two attached hydrogens (primary N) is 1. The molecule has 0 spiro atoms. The number of benzene rings is 1. The van der Waals surface area contributed by atoms with Crippen molar-refractivity contribution in [1.29, 1.82) is 0 Å². The first kappa shape index (κ1) is 25.6. The minimum absolute atomic E-state index is 0.0132. The molecule has 0 radical (unpaired) electrons. The molecule has 1 fully saturated rings. The lowest BCUT2D eigenvalue weighted by atomic mass is 10.00. The Hall–Kier alpha value is -3.02. The van der Waals surface area contributed by atoms with Gasteiger partial charge >= 0.3 is 11.8 Å². The Bertz CT molecular complexity index is 1060. The van der Waals surface area contributed by atoms with Crippen LogP contribution < -0.4 is 16.4 Å². The number of piperidine rings is 1. The summed E-state index contributed by atoms with van der Waals surface area (Å²) in [4.78, 5) is 21.5. The van der Waals surface area contributed by atoms with Gasteiger partial charge in [-0.25, -0.2) is 9.98 Å². The summed E-state index contributed by atoms with van der Waals surface area (Å²) in [6.45, 7) is 11.4. The Morgan fingerprint density at radius 3 is 2.68 bits per heavy atom. The zero-order chi connectivity index (χ0) is 24.7. The molecule has 1 aliphatic rings. The summed E-state index contributed by atoms with van der Waals surface area (Å²) in [5, 5.41) is 14.0. The highest BCUT2D eigenvalue weighted by Crippen LogP contribution is 2.21. The smallest absolute Gasteiger partial charge is 0.308 e. The van der Waals surface area contributed by atoms with Crippen molar-refractivity contribution in [3.8, 4) is 0 Å². The van der Waals surface area contributed by atoms with Crippen LogP contribution in [0.1, 0.15) is 55.8 Å². The zero-order valence-electron chi connectivity index (χ0n) is 19.7. The van der Waals surface area contributed by atoms with Gasteiger partial charge in [0.05, 0.1) is 0 Å². The fraction of sp³-hybridized carbons (Fsp3) is 0.435. The molecular formula is C23H31N7O3S. The van der Waals surface area contributed by atoms with Crippen LogP contribution in [0.25, 0.3) is 5.70 Å². The van der Waals surface area contributed by atoms with Crippen molar-refractivity contribution < 1.29 is 13.8 Å². The molecule has 1 aromatic heterocycles. The number of hydrogen-bond donors (Lipinski definition) is 3. The zero-order valence-corrected chi connectivity index (χ0v) is 20.5. The normalized spacial score (nSPS) is 18.4. The van der Waals surface area contributed by atoms with Gasteiger partial charge in [-0.3, -0.25) is 4.79 Å². The van der Waals surface area contributed by atoms with E-state index >= 15 is 0 Å². The highest BCUT2D eigenvalue weighted by atomic mass is 32.2. The standard InChI is InChI=1S/C23H31N7O3S/c1-14(2)34(32)18-9-7-17(8-10-18)15(3)28-19(20(24)25-4)22-29-30-23(33-22)21(31)27-13-16-6-5-11-26-12-16/h7-10,14,16,26H,4-6,11-13,24H2,1-3H3,(H,27,31)/b20-19-,28-15+. The second-order valence-electron chi connectivity index (χ2n) is 8.29. The second-order valence-corrected chi connectivity index (χ2v) is 10.3. The molecule has 1 aliphatic heterocycles. The fourth-order valence-electron chi connectivity index (χ4n) is 3.45. The van der Waals surface area contributed by atoms with Crippen LogP contribution in [-0.4, -0.2) is 58.0 Å². The van der Waals surface area contributed by atoms with Gasteiger partial charge < -0.3 is 25.3 Å². The average molecular weight is 486 g/mol. The first-order valence-electron chi connectivity index (χ1n) is 11.2. The minimum atomic E-state index is -1.08. The van der Waals surface area contributed by atoms with E-state index in [0.29, 0.717) is 18.2 Å². The number of rotatable bonds is 9. The molecule has 34 heavy (non-hydrogen) atoms. The van der Waals surface area contributed by atoms with E-state index in [2.05, 4.69) is 37.5 Å². The molecule has 1 saturated heterocycles. The number of nitrogens with zero attached hydrogens (tertiary/aromatic N) is 4. The number of hydrogen-bond acceptors (Lipinski definition) is 9. The number of amides is 1. The summed E-state index contributed by atoms with van der Waals surface area (Å²) < 4.78 is 17.8. The molecule has 1 aromatic carbocycles. The summed E-state index contributed by atoms with van der Waals surface area (Å²) in [6, 6.07) is 7.27. The predicted octanol–water partition coefficient (Wildman–Crippen LogP) is 2.11. The van der Waals surface area contributed by atoms with Crippen molar-refractivity contribution in [3.63, 3.8) is 0 Å². The van der Waals surface area contributed by atoms with Crippen LogP contribution in [0, 0.1) is 5.92 Å². The molecule has 2 heterocycles. The third-order valence-corrected chi connectivity index (χ3v) is 6.99. The molecule has 1 amide bonds. The van der Waals surface area contributed by atoms with Crippen molar-refractivity contribution in [2.45, 2.75) is 43.8 Å². The van der Waals surface area contributed by atoms with E-state index in [-0.39, 0.29) is 28.5 Å². The lowest BCUT2D eigenvalue weighted by Gasteiger charge is -2.22. The first-order valence-corrected chi connectivity index (χ1v) is 12.4. The molecule has 11 heteroatoms. The van der Waals surface area contributed by atoms with E-state index < -0.39 is 17.1 Å². The van der Waals surface area contributed by atoms with Crippen LogP contribution >= 0.6 is 0 Å². The topological polar surface area (TPSA) is 154 Å². The maximum atomic E-state index is 12.5. The Morgan fingerprint density at radius 1 is 1.35 bits per heavy atom. The molecule has 2 atom stereocenters. The number of nitrogens with one attached hydrogen (secondary N) is 2. The van der Waals surface area contributed by atoms with E-state index in [1.54, 1.807) is 19.1 Å². The summed E-state index contributed by atoms with van der Waals surface area (Å²) >= 11 is -1.08. The minimum Gasteiger partial charge on any atom is -0.611 e. The van der Waals surface area contributed by atoms with Gasteiger partial charge in [-0.05, 0) is 100 Å². The summed E-state index contributed by atoms with van der Waals surface area (Å²) in [5.41, 5.74) is 7.48. The van der Waals surface area contributed by atoms with E-state index in [1.807, 2.05) is 26.0 Å². The summed E-state index contributed by atoms with van der Waals surface area (Å²) in [7, 11) is 0. The Kier molecular flexibility index (Phi) is 8.97. The Labute approximate surface area is 202 Å². The van der Waals surface area contributed by atoms with Crippen molar-refractivity contribution in [3.05, 3.63) is 47.4 Å². The lowest BCUT2D eigenvalue weighted by Crippen LogP contribution is -2.38. The van der Waals surface area contributed by atoms with Gasteiger partial charge in [0.15, 0.2) is 16.4 Å². The van der Waals surface area contributed by atoms with Crippen LogP contribution in [-0.2, 0) is 11.2 Å². The van der Waals surface area contributed by atoms with Gasteiger partial charge in [-0.15, -0.1) is 10.2 Å². The highest BCUT2D eigenvalue weighted by molar-refractivity contribution is 7.92. The van der Waals surface area contributed by atoms with Gasteiger partial charge in [-0.2, -0.15) is 0 Å². The molecule has 182 valence electrons. The maximum absolute atomic E-state index is 12.5. The van der Waals surface area contributed by atoms with E-state index in [0.717, 1.165) is 36.4 Å². The number of carbonyl (C=O) groups excluding carboxylic acids is 1. The Morgan fingerprint density at radius 2 is 2.06 bits per heavy atom. The molecule has 3 rings (SSSR count). The van der Waals surface area contributed by atoms with Crippen molar-refractivity contribution in [2.24, 2.45) is 21.6 Å². The van der Waals surface area contributed by atoms with Crippen LogP contribution in [0.3, 0.4) is 0 Å². The van der Waals surface area contributed by atoms with Crippen molar-refractivity contribution >= 4 is 35.2 Å². The molecule has 10 nitrogen and oxygen atoms in total. The predicted molar refractivity (Wildman–Crippen MR) is 133 cm³/mol. The number of aromatic nitrogens is 2. The highest BCUT2D eigenvalue weighted by Gasteiger charge is 2.21. The molecule has 2 unspecified atom stereocenters. The van der Waals surface area contributed by atoms with Crippen molar-refractivity contribution in [1.82, 2.24) is 20.8 Å². The first-order chi connectivity index (χ1) is 16.3. The molecule has 0 bridgehead atoms. The molecule has 0 aliphatic carbocycles. The second kappa shape index (κ2) is 11.9. The van der Waals surface area contributed by atoms with E-state index in [4.69, 9.17) is 10.2 Å². The third kappa shape index (κ3) is 6.52. The molecule has 2 aromatic rings. The molecular weight excluding hydrogens is 454 g/mol. The summed E-state index contributed by atoms with van der Waals surface area (Å²) in [6.07, 6.45) is 2.14. The lowest BCUT2D eigenvalue weighted by molar-refractivity contribution is 0.0909. The number of aliphatic imine (C=N–C) groups is 2. The SMILES string of the molecule is C=N/C(N)=C(\N=C(/C)c1ccc([S+]([O-])C(C)C)cc1)c1nnc(C(=O)NCC2CCCNC2)o1. The van der Waals surface area contributed by atoms with Gasteiger partial charge in [0.2, 0.25) is 0 Å². The van der Waals surface area contributed by atoms with Crippen LogP contribution in [0.15, 0.2) is 49.4 Å². The summed E-state index contributed by atoms with van der Waals surface area (Å²) in [5.74, 6) is -0.315. The third-order valence-electron chi connectivity index (χ3n) is 5.40. The van der Waals surface area contributed by atoms with Crippen LogP contribution in [0.5, 0.6) is 0 Å². The van der Waals surface area contributed by atoms with Gasteiger partial charge in [0.1, 0.15) is 5.25 Å². The van der Waals surface area contributed by atoms with Crippen LogP contribution in [0.4, 0.5) is 0 Å². The quantitative estimate of drug-likeness (QED) is 0.363. The maximum Gasteiger partial charge on any atom is 0.308 e. The number of carbonyl (C=O) groups is 1. The van der Waals surface area contributed by atoms with E-state index in [9.17, 15) is 9.35 Å². The fourth-order valence-corrected chi connectivity index (χ4v) is 4.39. The average Bonchev–Trinajstić information content (AvgIpc) is 3.35. The Balaban J connectivity index is 1.76. The van der Waals surface area contributed by atoms with Crippen molar-refractivity contribution in [2.75, 3.05) is 19.6 Å². The van der Waals surface area contributed by atoms with E-state index in [1.165, 1.54) is 0 Å². The monoisotopic (exact) mass is 485 g/mol. The largest absolute Gasteiger partial charge is 0.611 e. The van der Waals surface area contributed by atoms with Gasteiger partial charge in [-0.1, -0.05) is 0 Å².